The number of nitrogens with one attached hydrogen (secondary N) is 2. The first kappa shape index (κ1) is 16.5. The van der Waals surface area contributed by atoms with Crippen molar-refractivity contribution in [2.24, 2.45) is 5.92 Å². The molecule has 6 heteroatoms. The summed E-state index contributed by atoms with van der Waals surface area (Å²) in [4.78, 5) is 16.6. The molecule has 2 aromatic rings. The summed E-state index contributed by atoms with van der Waals surface area (Å²) < 4.78 is 5.11. The smallest absolute Gasteiger partial charge is 0.315 e. The van der Waals surface area contributed by atoms with Crippen LogP contribution in [0.25, 0.3) is 0 Å². The van der Waals surface area contributed by atoms with E-state index in [4.69, 9.17) is 4.52 Å². The highest BCUT2D eigenvalue weighted by Gasteiger charge is 2.28. The zero-order chi connectivity index (χ0) is 16.9. The van der Waals surface area contributed by atoms with E-state index in [-0.39, 0.29) is 18.1 Å². The molecule has 1 fully saturated rings. The lowest BCUT2D eigenvalue weighted by Crippen LogP contribution is -2.41. The Morgan fingerprint density at radius 1 is 1.21 bits per heavy atom. The maximum Gasteiger partial charge on any atom is 0.315 e. The van der Waals surface area contributed by atoms with Crippen LogP contribution in [-0.4, -0.2) is 16.2 Å². The fourth-order valence-corrected chi connectivity index (χ4v) is 3.35. The number of aromatic nitrogens is 2. The van der Waals surface area contributed by atoms with Gasteiger partial charge >= 0.3 is 6.03 Å². The predicted octanol–water partition coefficient (Wildman–Crippen LogP) is 3.67. The zero-order valence-electron chi connectivity index (χ0n) is 14.2. The highest BCUT2D eigenvalue weighted by molar-refractivity contribution is 5.74. The van der Waals surface area contributed by atoms with Crippen molar-refractivity contribution in [1.29, 1.82) is 0 Å². The fraction of sp³-hybridized carbons (Fsp3) is 0.500. The van der Waals surface area contributed by atoms with Crippen LogP contribution in [0.2, 0.25) is 0 Å². The number of carbonyl (C=O) groups is 1. The minimum Gasteiger partial charge on any atom is -0.337 e. The number of hydrogen-bond donors (Lipinski definition) is 2. The standard InChI is InChI=1S/C18H24N4O2/c1-12(17-20-13(2)22-24-17)19-18(23)21-16(15-10-6-7-11-15)14-8-4-3-5-9-14/h3-5,8-9,12,15-16H,6-7,10-11H2,1-2H3,(H2,19,21,23). The van der Waals surface area contributed by atoms with Gasteiger partial charge in [0, 0.05) is 0 Å². The van der Waals surface area contributed by atoms with E-state index in [1.165, 1.54) is 12.8 Å². The number of carbonyl (C=O) groups excluding carboxylic acids is 1. The lowest BCUT2D eigenvalue weighted by atomic mass is 9.92. The summed E-state index contributed by atoms with van der Waals surface area (Å²) in [6, 6.07) is 9.68. The number of aryl methyl sites for hydroxylation is 1. The minimum absolute atomic E-state index is 0.0327. The highest BCUT2D eigenvalue weighted by atomic mass is 16.5. The summed E-state index contributed by atoms with van der Waals surface area (Å²) in [5, 5.41) is 9.79. The second kappa shape index (κ2) is 7.47. The number of amides is 2. The van der Waals surface area contributed by atoms with Crippen molar-refractivity contribution in [3.63, 3.8) is 0 Å². The van der Waals surface area contributed by atoms with E-state index in [0.29, 0.717) is 17.6 Å². The van der Waals surface area contributed by atoms with E-state index in [9.17, 15) is 4.79 Å². The number of urea groups is 1. The maximum absolute atomic E-state index is 12.5. The first-order valence-corrected chi connectivity index (χ1v) is 8.55. The van der Waals surface area contributed by atoms with Gasteiger partial charge in [0.1, 0.15) is 6.04 Å². The molecule has 1 aliphatic rings. The van der Waals surface area contributed by atoms with E-state index in [0.717, 1.165) is 18.4 Å². The monoisotopic (exact) mass is 328 g/mol. The minimum atomic E-state index is -0.328. The van der Waals surface area contributed by atoms with Crippen molar-refractivity contribution in [2.45, 2.75) is 51.6 Å². The topological polar surface area (TPSA) is 80.0 Å². The van der Waals surface area contributed by atoms with E-state index in [2.05, 4.69) is 32.9 Å². The lowest BCUT2D eigenvalue weighted by molar-refractivity contribution is 0.224. The Kier molecular flexibility index (Phi) is 5.13. The Morgan fingerprint density at radius 3 is 2.54 bits per heavy atom. The molecular weight excluding hydrogens is 304 g/mol. The zero-order valence-corrected chi connectivity index (χ0v) is 14.2. The molecule has 2 N–H and O–H groups in total. The van der Waals surface area contributed by atoms with Gasteiger partial charge in [-0.2, -0.15) is 4.98 Å². The van der Waals surface area contributed by atoms with Crippen molar-refractivity contribution in [2.75, 3.05) is 0 Å². The van der Waals surface area contributed by atoms with Crippen LogP contribution in [0.3, 0.4) is 0 Å². The molecule has 2 unspecified atom stereocenters. The Balaban J connectivity index is 1.66. The number of hydrogen-bond acceptors (Lipinski definition) is 4. The lowest BCUT2D eigenvalue weighted by Gasteiger charge is -2.26. The molecule has 1 heterocycles. The van der Waals surface area contributed by atoms with Crippen molar-refractivity contribution < 1.29 is 9.32 Å². The Hall–Kier alpha value is -2.37. The van der Waals surface area contributed by atoms with E-state index in [1.807, 2.05) is 25.1 Å². The number of nitrogens with zero attached hydrogens (tertiary/aromatic N) is 2. The van der Waals surface area contributed by atoms with Gasteiger partial charge in [0.25, 0.3) is 0 Å². The molecule has 0 spiro atoms. The maximum atomic E-state index is 12.5. The van der Waals surface area contributed by atoms with Crippen molar-refractivity contribution >= 4 is 6.03 Å². The van der Waals surface area contributed by atoms with Crippen molar-refractivity contribution in [3.05, 3.63) is 47.6 Å². The molecule has 3 rings (SSSR count). The fourth-order valence-electron chi connectivity index (χ4n) is 3.35. The number of benzene rings is 1. The third-order valence-electron chi connectivity index (χ3n) is 4.58. The van der Waals surface area contributed by atoms with Crippen LogP contribution in [0.15, 0.2) is 34.9 Å². The molecule has 1 aromatic carbocycles. The van der Waals surface area contributed by atoms with Gasteiger partial charge < -0.3 is 15.2 Å². The molecule has 1 aromatic heterocycles. The van der Waals surface area contributed by atoms with Crippen LogP contribution in [0.5, 0.6) is 0 Å². The average Bonchev–Trinajstić information content (AvgIpc) is 3.25. The second-order valence-corrected chi connectivity index (χ2v) is 6.45. The molecule has 0 saturated heterocycles. The Labute approximate surface area is 142 Å². The largest absolute Gasteiger partial charge is 0.337 e. The van der Waals surface area contributed by atoms with Crippen LogP contribution in [0.1, 0.15) is 62.0 Å². The van der Waals surface area contributed by atoms with Gasteiger partial charge in [0.15, 0.2) is 5.82 Å². The molecule has 24 heavy (non-hydrogen) atoms. The van der Waals surface area contributed by atoms with Crippen LogP contribution in [0, 0.1) is 12.8 Å². The molecular formula is C18H24N4O2. The summed E-state index contributed by atoms with van der Waals surface area (Å²) in [5.74, 6) is 1.46. The number of rotatable bonds is 5. The van der Waals surface area contributed by atoms with E-state index < -0.39 is 0 Å². The van der Waals surface area contributed by atoms with Crippen LogP contribution in [0.4, 0.5) is 4.79 Å². The highest BCUT2D eigenvalue weighted by Crippen LogP contribution is 2.35. The van der Waals surface area contributed by atoms with Crippen molar-refractivity contribution in [3.8, 4) is 0 Å². The summed E-state index contributed by atoms with van der Waals surface area (Å²) >= 11 is 0. The first-order chi connectivity index (χ1) is 11.6. The van der Waals surface area contributed by atoms with E-state index in [1.54, 1.807) is 6.92 Å². The molecule has 128 valence electrons. The third kappa shape index (κ3) is 3.93. The van der Waals surface area contributed by atoms with E-state index >= 15 is 0 Å². The molecule has 2 atom stereocenters. The Morgan fingerprint density at radius 2 is 1.92 bits per heavy atom. The molecule has 6 nitrogen and oxygen atoms in total. The normalized spacial score (nSPS) is 17.4. The quantitative estimate of drug-likeness (QED) is 0.877. The molecule has 0 aliphatic heterocycles. The summed E-state index contributed by atoms with van der Waals surface area (Å²) in [6.07, 6.45) is 4.76. The van der Waals surface area contributed by atoms with Crippen LogP contribution >= 0.6 is 0 Å². The molecule has 0 bridgehead atoms. The summed E-state index contributed by atoms with van der Waals surface area (Å²) in [7, 11) is 0. The summed E-state index contributed by atoms with van der Waals surface area (Å²) in [5.41, 5.74) is 1.15. The predicted molar refractivity (Wildman–Crippen MR) is 90.3 cm³/mol. The molecule has 1 aliphatic carbocycles. The molecule has 0 radical (unpaired) electrons. The third-order valence-corrected chi connectivity index (χ3v) is 4.58. The SMILES string of the molecule is Cc1noc(C(C)NC(=O)NC(c2ccccc2)C2CCCC2)n1. The van der Waals surface area contributed by atoms with Gasteiger partial charge in [-0.25, -0.2) is 4.79 Å². The van der Waals surface area contributed by atoms with Gasteiger partial charge in [0.05, 0.1) is 6.04 Å². The van der Waals surface area contributed by atoms with Gasteiger partial charge in [-0.15, -0.1) is 0 Å². The molecule has 2 amide bonds. The van der Waals surface area contributed by atoms with Crippen LogP contribution in [-0.2, 0) is 0 Å². The first-order valence-electron chi connectivity index (χ1n) is 8.55. The van der Waals surface area contributed by atoms with Crippen molar-refractivity contribution in [1.82, 2.24) is 20.8 Å². The Bertz CT molecular complexity index is 665. The van der Waals surface area contributed by atoms with Gasteiger partial charge in [-0.05, 0) is 38.2 Å². The van der Waals surface area contributed by atoms with Gasteiger partial charge in [-0.1, -0.05) is 48.3 Å². The van der Waals surface area contributed by atoms with Crippen LogP contribution < -0.4 is 10.6 Å². The second-order valence-electron chi connectivity index (χ2n) is 6.45. The average molecular weight is 328 g/mol. The van der Waals surface area contributed by atoms with Gasteiger partial charge in [0.2, 0.25) is 5.89 Å². The summed E-state index contributed by atoms with van der Waals surface area (Å²) in [6.45, 7) is 3.59. The van der Waals surface area contributed by atoms with Gasteiger partial charge in [-0.3, -0.25) is 0 Å². The molecule has 1 saturated carbocycles.